The second-order valence-electron chi connectivity index (χ2n) is 10.8. The number of H-pyrrole nitrogens is 2. The first-order valence-electron chi connectivity index (χ1n) is 13.9. The maximum absolute atomic E-state index is 12.8. The Balaban J connectivity index is 1.42. The lowest BCUT2D eigenvalue weighted by atomic mass is 10.0. The number of hydrogen-bond acceptors (Lipinski definition) is 6. The summed E-state index contributed by atoms with van der Waals surface area (Å²) in [7, 11) is 0. The third-order valence-electron chi connectivity index (χ3n) is 7.61. The van der Waals surface area contributed by atoms with E-state index in [0.717, 1.165) is 64.2 Å². The molecule has 8 nitrogen and oxygen atoms in total. The molecule has 208 valence electrons. The molecule has 5 N–H and O–H groups in total. The summed E-state index contributed by atoms with van der Waals surface area (Å²) in [5, 5.41) is 12.3. The van der Waals surface area contributed by atoms with Crippen molar-refractivity contribution in [2.75, 3.05) is 5.32 Å². The highest BCUT2D eigenvalue weighted by atomic mass is 32.1. The van der Waals surface area contributed by atoms with Crippen molar-refractivity contribution in [3.63, 3.8) is 0 Å². The van der Waals surface area contributed by atoms with E-state index >= 15 is 0 Å². The quantitative estimate of drug-likeness (QED) is 0.218. The Morgan fingerprint density at radius 2 is 1.98 bits per heavy atom. The molecule has 1 amide bonds. The number of carbonyl (C=O) groups excluding carboxylic acids is 1. The van der Waals surface area contributed by atoms with Crippen molar-refractivity contribution in [2.45, 2.75) is 46.5 Å². The van der Waals surface area contributed by atoms with Crippen molar-refractivity contribution >= 4 is 51.8 Å². The van der Waals surface area contributed by atoms with Crippen LogP contribution in [-0.4, -0.2) is 31.1 Å². The molecule has 6 rings (SSSR count). The Hall–Kier alpha value is -4.50. The lowest BCUT2D eigenvalue weighted by Gasteiger charge is -2.12. The minimum atomic E-state index is 0.0725. The number of nitrogens with zero attached hydrogens (tertiary/aromatic N) is 3. The van der Waals surface area contributed by atoms with Gasteiger partial charge in [0.15, 0.2) is 5.82 Å². The van der Waals surface area contributed by atoms with Gasteiger partial charge < -0.3 is 16.0 Å². The number of aromatic nitrogens is 5. The van der Waals surface area contributed by atoms with Crippen LogP contribution in [0.25, 0.3) is 50.8 Å². The average molecular weight is 564 g/mol. The van der Waals surface area contributed by atoms with Crippen LogP contribution in [0.5, 0.6) is 0 Å². The number of fused-ring (bicyclic) bond motifs is 1. The number of aryl methyl sites for hydroxylation is 1. The highest BCUT2D eigenvalue weighted by Crippen LogP contribution is 2.33. The molecule has 1 fully saturated rings. The molecule has 1 aliphatic rings. The zero-order chi connectivity index (χ0) is 28.5. The summed E-state index contributed by atoms with van der Waals surface area (Å²) in [4.78, 5) is 28.1. The van der Waals surface area contributed by atoms with Crippen molar-refractivity contribution < 1.29 is 4.79 Å². The predicted octanol–water partition coefficient (Wildman–Crippen LogP) is 5.48. The fourth-order valence-corrected chi connectivity index (χ4v) is 6.38. The molecule has 0 unspecified atom stereocenters. The van der Waals surface area contributed by atoms with Gasteiger partial charge in [-0.25, -0.2) is 4.98 Å². The topological polar surface area (TPSA) is 125 Å². The lowest BCUT2D eigenvalue weighted by molar-refractivity contribution is -0.119. The van der Waals surface area contributed by atoms with Gasteiger partial charge in [0.05, 0.1) is 28.3 Å². The van der Waals surface area contributed by atoms with E-state index in [9.17, 15) is 4.79 Å². The first kappa shape index (κ1) is 26.7. The van der Waals surface area contributed by atoms with E-state index in [0.29, 0.717) is 22.6 Å². The SMILES string of the molecule is CC(C)=C(/C=c1/c(-c2nc3c(-c4ccc(C)s4)cccc3[nH]2)n[nH]/c1=C/N)c1cncc(NC(=O)C2CCCC2)c1. The number of hydrogen-bond donors (Lipinski definition) is 4. The molecule has 4 aromatic heterocycles. The van der Waals surface area contributed by atoms with Gasteiger partial charge >= 0.3 is 0 Å². The molecule has 1 aromatic carbocycles. The van der Waals surface area contributed by atoms with E-state index in [1.165, 1.54) is 16.0 Å². The number of allylic oxidation sites excluding steroid dienone is 2. The zero-order valence-electron chi connectivity index (χ0n) is 23.4. The number of rotatable bonds is 6. The maximum Gasteiger partial charge on any atom is 0.227 e. The van der Waals surface area contributed by atoms with Gasteiger partial charge in [0, 0.05) is 44.4 Å². The molecular weight excluding hydrogens is 530 g/mol. The molecule has 0 saturated heterocycles. The smallest absolute Gasteiger partial charge is 0.227 e. The fraction of sp³-hybridized carbons (Fsp3) is 0.250. The minimum Gasteiger partial charge on any atom is -0.403 e. The van der Waals surface area contributed by atoms with Gasteiger partial charge in [-0.2, -0.15) is 5.10 Å². The summed E-state index contributed by atoms with van der Waals surface area (Å²) in [5.74, 6) is 0.806. The van der Waals surface area contributed by atoms with Gasteiger partial charge in [-0.05, 0) is 69.5 Å². The Bertz CT molecular complexity index is 1900. The first-order chi connectivity index (χ1) is 19.9. The van der Waals surface area contributed by atoms with Crippen molar-refractivity contribution in [1.82, 2.24) is 25.1 Å². The van der Waals surface area contributed by atoms with Gasteiger partial charge in [-0.15, -0.1) is 11.3 Å². The monoisotopic (exact) mass is 563 g/mol. The third-order valence-corrected chi connectivity index (χ3v) is 8.65. The van der Waals surface area contributed by atoms with Crippen LogP contribution in [0.15, 0.2) is 54.4 Å². The molecule has 5 aromatic rings. The number of aromatic amines is 2. The number of nitrogens with one attached hydrogen (secondary N) is 3. The maximum atomic E-state index is 12.8. The second-order valence-corrected chi connectivity index (χ2v) is 12.0. The van der Waals surface area contributed by atoms with E-state index in [1.807, 2.05) is 24.4 Å². The van der Waals surface area contributed by atoms with Crippen LogP contribution >= 0.6 is 11.3 Å². The van der Waals surface area contributed by atoms with Gasteiger partial charge in [-0.3, -0.25) is 14.9 Å². The second kappa shape index (κ2) is 11.2. The first-order valence-corrected chi connectivity index (χ1v) is 14.7. The van der Waals surface area contributed by atoms with Crippen molar-refractivity contribution in [3.05, 3.63) is 75.4 Å². The van der Waals surface area contributed by atoms with Crippen molar-refractivity contribution in [3.8, 4) is 22.0 Å². The van der Waals surface area contributed by atoms with Crippen LogP contribution in [0.2, 0.25) is 0 Å². The number of amides is 1. The van der Waals surface area contributed by atoms with Gasteiger partial charge in [0.2, 0.25) is 5.91 Å². The minimum absolute atomic E-state index is 0.0725. The summed E-state index contributed by atoms with van der Waals surface area (Å²) in [6.45, 7) is 6.21. The third kappa shape index (κ3) is 5.32. The van der Waals surface area contributed by atoms with Crippen LogP contribution in [0.4, 0.5) is 5.69 Å². The number of benzene rings is 1. The van der Waals surface area contributed by atoms with E-state index in [1.54, 1.807) is 17.5 Å². The Morgan fingerprint density at radius 3 is 2.71 bits per heavy atom. The average Bonchev–Trinajstić information content (AvgIpc) is 3.77. The number of nitrogens with two attached hydrogens (primary N) is 1. The summed E-state index contributed by atoms with van der Waals surface area (Å²) < 4.78 is 0. The summed E-state index contributed by atoms with van der Waals surface area (Å²) in [6.07, 6.45) is 11.2. The highest BCUT2D eigenvalue weighted by Gasteiger charge is 2.23. The van der Waals surface area contributed by atoms with Gasteiger partial charge in [0.1, 0.15) is 5.69 Å². The molecule has 0 atom stereocenters. The largest absolute Gasteiger partial charge is 0.403 e. The van der Waals surface area contributed by atoms with E-state index < -0.39 is 0 Å². The molecule has 4 heterocycles. The van der Waals surface area contributed by atoms with Gasteiger partial charge in [0.25, 0.3) is 0 Å². The van der Waals surface area contributed by atoms with Crippen LogP contribution in [0.3, 0.4) is 0 Å². The van der Waals surface area contributed by atoms with Crippen molar-refractivity contribution in [2.24, 2.45) is 11.7 Å². The summed E-state index contributed by atoms with van der Waals surface area (Å²) in [6, 6.07) is 12.4. The molecule has 9 heteroatoms. The number of para-hydroxylation sites is 1. The molecule has 0 radical (unpaired) electrons. The molecule has 0 aliphatic heterocycles. The summed E-state index contributed by atoms with van der Waals surface area (Å²) in [5.41, 5.74) is 13.3. The standard InChI is InChI=1S/C32H33N7OS/c1-18(2)24(21-13-22(17-34-16-21)35-32(40)20-7-4-5-8-20)14-25-27(15-33)38-39-30(25)31-36-26-10-6-9-23(29(26)37-31)28-12-11-19(3)41-28/h6,9-17,20,38H,4-5,7-8,33H2,1-3H3,(H,35,40)(H,36,37)/b25-14+,27-15+. The van der Waals surface area contributed by atoms with Gasteiger partial charge in [-0.1, -0.05) is 30.5 Å². The Kier molecular flexibility index (Phi) is 7.28. The van der Waals surface area contributed by atoms with E-state index in [2.05, 4.69) is 70.5 Å². The summed E-state index contributed by atoms with van der Waals surface area (Å²) >= 11 is 1.75. The van der Waals surface area contributed by atoms with E-state index in [-0.39, 0.29) is 11.8 Å². The Morgan fingerprint density at radius 1 is 1.15 bits per heavy atom. The van der Waals surface area contributed by atoms with E-state index in [4.69, 9.17) is 10.7 Å². The van der Waals surface area contributed by atoms with Crippen LogP contribution in [-0.2, 0) is 4.79 Å². The lowest BCUT2D eigenvalue weighted by Crippen LogP contribution is -2.26. The van der Waals surface area contributed by atoms with Crippen LogP contribution in [0.1, 0.15) is 50.0 Å². The molecule has 1 aliphatic carbocycles. The Labute approximate surface area is 242 Å². The van der Waals surface area contributed by atoms with Crippen molar-refractivity contribution in [1.29, 1.82) is 0 Å². The number of imidazole rings is 1. The zero-order valence-corrected chi connectivity index (χ0v) is 24.2. The van der Waals surface area contributed by atoms with Crippen LogP contribution < -0.4 is 21.6 Å². The molecule has 0 bridgehead atoms. The number of pyridine rings is 1. The number of thiophene rings is 1. The van der Waals surface area contributed by atoms with Crippen LogP contribution in [0, 0.1) is 12.8 Å². The fourth-order valence-electron chi connectivity index (χ4n) is 5.49. The normalized spacial score (nSPS) is 14.7. The molecule has 1 saturated carbocycles. The highest BCUT2D eigenvalue weighted by molar-refractivity contribution is 7.15. The number of carbonyl (C=O) groups is 1. The predicted molar refractivity (Wildman–Crippen MR) is 167 cm³/mol. The molecule has 41 heavy (non-hydrogen) atoms. The molecule has 0 spiro atoms. The molecular formula is C32H33N7OS. The number of anilines is 1.